The van der Waals surface area contributed by atoms with E-state index in [-0.39, 0.29) is 36.4 Å². The van der Waals surface area contributed by atoms with Crippen molar-refractivity contribution in [1.29, 1.82) is 0 Å². The van der Waals surface area contributed by atoms with Crippen LogP contribution in [0.15, 0.2) is 47.4 Å². The molecule has 3 fully saturated rings. The van der Waals surface area contributed by atoms with Gasteiger partial charge in [0, 0.05) is 76.2 Å². The number of halogens is 6. The Morgan fingerprint density at radius 2 is 1.44 bits per heavy atom. The van der Waals surface area contributed by atoms with E-state index in [9.17, 15) is 40.7 Å². The number of pyridine rings is 1. The number of likely N-dealkylation sites (tertiary alicyclic amines) is 2. The summed E-state index contributed by atoms with van der Waals surface area (Å²) in [6, 6.07) is 8.52. The molecule has 3 saturated heterocycles. The SMILES string of the molecule is Nc1c(C(F)(F)F)cc(C[C@@H](CC(=O)N2CCC(n3c(=O)[nH]c4c5ccccc5ncc43)CC2)C(=O)N2CCC(N3CCNCC3)CC2)cc1C(F)(F)F. The number of hydrogen-bond acceptors (Lipinski definition) is 7. The number of carbonyl (C=O) groups excluding carboxylic acids is 2. The molecule has 7 rings (SSSR count). The van der Waals surface area contributed by atoms with Crippen molar-refractivity contribution in [3.05, 3.63) is 69.8 Å². The summed E-state index contributed by atoms with van der Waals surface area (Å²) in [4.78, 5) is 54.0. The average molecular weight is 761 g/mol. The summed E-state index contributed by atoms with van der Waals surface area (Å²) in [5, 5.41) is 4.11. The number of carbonyl (C=O) groups is 2. The highest BCUT2D eigenvalue weighted by Crippen LogP contribution is 2.42. The summed E-state index contributed by atoms with van der Waals surface area (Å²) in [7, 11) is 0. The molecule has 11 nitrogen and oxygen atoms in total. The van der Waals surface area contributed by atoms with E-state index in [2.05, 4.69) is 20.2 Å². The molecular weight excluding hydrogens is 718 g/mol. The maximum absolute atomic E-state index is 14.1. The van der Waals surface area contributed by atoms with E-state index in [0.717, 1.165) is 37.1 Å². The van der Waals surface area contributed by atoms with Crippen LogP contribution in [-0.2, 0) is 28.4 Å². The van der Waals surface area contributed by atoms with Gasteiger partial charge in [-0.25, -0.2) is 4.79 Å². The number of amides is 2. The van der Waals surface area contributed by atoms with Crippen molar-refractivity contribution in [1.82, 2.24) is 34.6 Å². The van der Waals surface area contributed by atoms with E-state index in [4.69, 9.17) is 5.73 Å². The molecule has 290 valence electrons. The number of anilines is 1. The molecule has 2 aromatic heterocycles. The number of hydrogen-bond donors (Lipinski definition) is 3. The van der Waals surface area contributed by atoms with Crippen LogP contribution in [0.4, 0.5) is 32.0 Å². The number of nitrogens with one attached hydrogen (secondary N) is 2. The van der Waals surface area contributed by atoms with Crippen LogP contribution in [0.2, 0.25) is 0 Å². The van der Waals surface area contributed by atoms with Crippen LogP contribution in [0.25, 0.3) is 21.9 Å². The summed E-state index contributed by atoms with van der Waals surface area (Å²) in [5.41, 5.74) is 2.00. The van der Waals surface area contributed by atoms with Crippen LogP contribution < -0.4 is 16.7 Å². The lowest BCUT2D eigenvalue weighted by Crippen LogP contribution is -2.53. The summed E-state index contributed by atoms with van der Waals surface area (Å²) in [6.45, 7) is 4.64. The first-order valence-electron chi connectivity index (χ1n) is 18.2. The van der Waals surface area contributed by atoms with Gasteiger partial charge in [-0.15, -0.1) is 0 Å². The molecule has 0 spiro atoms. The lowest BCUT2D eigenvalue weighted by molar-refractivity contribution is -0.143. The average Bonchev–Trinajstić information content (AvgIpc) is 3.50. The molecule has 0 aliphatic carbocycles. The first kappa shape index (κ1) is 37.7. The van der Waals surface area contributed by atoms with Crippen molar-refractivity contribution in [3.8, 4) is 0 Å². The standard InChI is InChI=1S/C37H42F6N8O3/c38-36(39,40)27-18-22(19-28(32(27)44)37(41,42)43)17-23(34(53)50-13-5-24(6-14-50)48-15-9-45-10-16-48)20-31(52)49-11-7-25(8-12-49)51-30-21-46-29-4-2-1-3-26(29)33(30)47-35(51)54/h1-4,18-19,21,23-25,45H,5-17,20,44H2,(H,47,54)/t23-/m0/s1. The Kier molecular flexibility index (Phi) is 10.4. The second-order valence-electron chi connectivity index (χ2n) is 14.5. The summed E-state index contributed by atoms with van der Waals surface area (Å²) in [5.74, 6) is -2.14. The number of piperidine rings is 2. The van der Waals surface area contributed by atoms with Gasteiger partial charge in [-0.05, 0) is 55.9 Å². The van der Waals surface area contributed by atoms with Crippen LogP contribution in [0.3, 0.4) is 0 Å². The number of fused-ring (bicyclic) bond motifs is 3. The third kappa shape index (κ3) is 7.65. The molecule has 1 atom stereocenters. The van der Waals surface area contributed by atoms with E-state index in [1.54, 1.807) is 20.6 Å². The van der Waals surface area contributed by atoms with Gasteiger partial charge in [0.2, 0.25) is 11.8 Å². The number of benzene rings is 2. The molecule has 2 aromatic carbocycles. The summed E-state index contributed by atoms with van der Waals surface area (Å²) in [6.07, 6.45) is -7.50. The predicted octanol–water partition coefficient (Wildman–Crippen LogP) is 4.81. The fraction of sp³-hybridized carbons (Fsp3) is 0.514. The maximum Gasteiger partial charge on any atom is 0.418 e. The van der Waals surface area contributed by atoms with Crippen molar-refractivity contribution in [2.75, 3.05) is 58.1 Å². The number of para-hydroxylation sites is 1. The van der Waals surface area contributed by atoms with E-state index >= 15 is 0 Å². The van der Waals surface area contributed by atoms with Crippen molar-refractivity contribution in [2.24, 2.45) is 5.92 Å². The maximum atomic E-state index is 14.1. The third-order valence-corrected chi connectivity index (χ3v) is 11.2. The highest BCUT2D eigenvalue weighted by atomic mass is 19.4. The lowest BCUT2D eigenvalue weighted by atomic mass is 9.90. The quantitative estimate of drug-likeness (QED) is 0.182. The number of nitrogens with two attached hydrogens (primary N) is 1. The number of H-pyrrole nitrogens is 1. The zero-order valence-electron chi connectivity index (χ0n) is 29.5. The largest absolute Gasteiger partial charge is 0.418 e. The van der Waals surface area contributed by atoms with Crippen LogP contribution >= 0.6 is 0 Å². The number of aromatic nitrogens is 3. The van der Waals surface area contributed by atoms with Crippen molar-refractivity contribution in [2.45, 2.75) is 63.0 Å². The molecule has 2 amide bonds. The van der Waals surface area contributed by atoms with Gasteiger partial charge in [0.1, 0.15) is 0 Å². The lowest BCUT2D eigenvalue weighted by Gasteiger charge is -2.41. The molecule has 4 aromatic rings. The molecule has 0 unspecified atom stereocenters. The molecule has 0 bridgehead atoms. The fourth-order valence-electron chi connectivity index (χ4n) is 8.39. The second kappa shape index (κ2) is 14.9. The third-order valence-electron chi connectivity index (χ3n) is 11.2. The van der Waals surface area contributed by atoms with Gasteiger partial charge in [-0.1, -0.05) is 18.2 Å². The molecule has 3 aliphatic heterocycles. The van der Waals surface area contributed by atoms with Gasteiger partial charge >= 0.3 is 18.0 Å². The molecule has 17 heteroatoms. The van der Waals surface area contributed by atoms with E-state index in [1.165, 1.54) is 0 Å². The molecule has 5 heterocycles. The monoisotopic (exact) mass is 760 g/mol. The Morgan fingerprint density at radius 3 is 2.07 bits per heavy atom. The number of piperazine rings is 1. The van der Waals surface area contributed by atoms with Crippen LogP contribution in [0.1, 0.15) is 54.8 Å². The Bertz CT molecular complexity index is 2040. The minimum atomic E-state index is -5.18. The number of imidazole rings is 1. The molecule has 0 saturated carbocycles. The summed E-state index contributed by atoms with van der Waals surface area (Å²) >= 11 is 0. The van der Waals surface area contributed by atoms with E-state index < -0.39 is 59.7 Å². The topological polar surface area (TPSA) is 133 Å². The van der Waals surface area contributed by atoms with Crippen LogP contribution in [0.5, 0.6) is 0 Å². The first-order chi connectivity index (χ1) is 25.7. The van der Waals surface area contributed by atoms with Crippen molar-refractivity contribution >= 4 is 39.4 Å². The zero-order valence-corrected chi connectivity index (χ0v) is 29.5. The molecule has 0 radical (unpaired) electrons. The molecule has 3 aliphatic rings. The molecular formula is C37H42F6N8O3. The minimum Gasteiger partial charge on any atom is -0.398 e. The Balaban J connectivity index is 1.10. The molecule has 54 heavy (non-hydrogen) atoms. The van der Waals surface area contributed by atoms with Gasteiger partial charge in [-0.2, -0.15) is 26.3 Å². The number of nitrogens with zero attached hydrogens (tertiary/aromatic N) is 5. The number of rotatable bonds is 7. The van der Waals surface area contributed by atoms with Gasteiger partial charge in [-0.3, -0.25) is 24.0 Å². The highest BCUT2D eigenvalue weighted by molar-refractivity contribution is 6.01. The second-order valence-corrected chi connectivity index (χ2v) is 14.5. The first-order valence-corrected chi connectivity index (χ1v) is 18.2. The van der Waals surface area contributed by atoms with E-state index in [0.29, 0.717) is 61.9 Å². The Morgan fingerprint density at radius 1 is 0.852 bits per heavy atom. The predicted molar refractivity (Wildman–Crippen MR) is 189 cm³/mol. The Labute approximate surface area is 306 Å². The van der Waals surface area contributed by atoms with Crippen molar-refractivity contribution in [3.63, 3.8) is 0 Å². The van der Waals surface area contributed by atoms with Gasteiger partial charge in [0.05, 0.1) is 45.5 Å². The normalized spacial score (nSPS) is 19.1. The van der Waals surface area contributed by atoms with Crippen LogP contribution in [0, 0.1) is 5.92 Å². The summed E-state index contributed by atoms with van der Waals surface area (Å²) < 4.78 is 85.2. The van der Waals surface area contributed by atoms with Crippen molar-refractivity contribution < 1.29 is 35.9 Å². The van der Waals surface area contributed by atoms with Crippen LogP contribution in [-0.4, -0.2) is 99.4 Å². The van der Waals surface area contributed by atoms with E-state index in [1.807, 2.05) is 24.3 Å². The molecule has 4 N–H and O–H groups in total. The Hall–Kier alpha value is -4.64. The van der Waals surface area contributed by atoms with Gasteiger partial charge < -0.3 is 25.8 Å². The highest BCUT2D eigenvalue weighted by Gasteiger charge is 2.42. The number of alkyl halides is 6. The fourth-order valence-corrected chi connectivity index (χ4v) is 8.39. The van der Waals surface area contributed by atoms with Gasteiger partial charge in [0.25, 0.3) is 0 Å². The number of aromatic amines is 1. The smallest absolute Gasteiger partial charge is 0.398 e. The minimum absolute atomic E-state index is 0.235. The van der Waals surface area contributed by atoms with Gasteiger partial charge in [0.15, 0.2) is 0 Å². The number of nitrogen functional groups attached to an aromatic ring is 1. The zero-order chi connectivity index (χ0) is 38.4.